The first-order valence-electron chi connectivity index (χ1n) is 12.7. The van der Waals surface area contributed by atoms with E-state index < -0.39 is 34.4 Å². The van der Waals surface area contributed by atoms with Crippen LogP contribution in [0.4, 0.5) is 5.69 Å². The molecule has 214 valence electrons. The van der Waals surface area contributed by atoms with Gasteiger partial charge in [-0.1, -0.05) is 84.5 Å². The van der Waals surface area contributed by atoms with E-state index in [0.717, 1.165) is 9.87 Å². The van der Waals surface area contributed by atoms with E-state index in [1.54, 1.807) is 55.5 Å². The number of carbonyl (C=O) groups is 2. The van der Waals surface area contributed by atoms with Gasteiger partial charge in [-0.25, -0.2) is 8.42 Å². The second kappa shape index (κ2) is 13.7. The molecule has 3 aromatic carbocycles. The monoisotopic (exact) mass is 623 g/mol. The van der Waals surface area contributed by atoms with Crippen molar-refractivity contribution < 1.29 is 18.0 Å². The van der Waals surface area contributed by atoms with E-state index in [2.05, 4.69) is 5.32 Å². The molecule has 0 aliphatic carbocycles. The van der Waals surface area contributed by atoms with E-state index in [1.165, 1.54) is 23.1 Å². The number of para-hydroxylation sites is 1. The summed E-state index contributed by atoms with van der Waals surface area (Å²) in [5, 5.41) is 3.61. The predicted octanol–water partition coefficient (Wildman–Crippen LogP) is 6.34. The van der Waals surface area contributed by atoms with E-state index in [9.17, 15) is 18.0 Å². The molecule has 0 radical (unpaired) electrons. The van der Waals surface area contributed by atoms with Crippen molar-refractivity contribution in [3.8, 4) is 0 Å². The minimum Gasteiger partial charge on any atom is -0.354 e. The van der Waals surface area contributed by atoms with E-state index in [1.807, 2.05) is 20.8 Å². The number of anilines is 1. The van der Waals surface area contributed by atoms with Crippen molar-refractivity contribution in [2.45, 2.75) is 45.2 Å². The lowest BCUT2D eigenvalue weighted by molar-refractivity contribution is -0.139. The first-order valence-corrected chi connectivity index (χ1v) is 15.2. The summed E-state index contributed by atoms with van der Waals surface area (Å²) in [5.74, 6) is -0.844. The number of aryl methyl sites for hydroxylation is 1. The third-order valence-electron chi connectivity index (χ3n) is 6.25. The Morgan fingerprint density at radius 1 is 0.850 bits per heavy atom. The highest BCUT2D eigenvalue weighted by molar-refractivity contribution is 7.92. The number of hydrogen-bond acceptors (Lipinski definition) is 4. The molecule has 0 fully saturated rings. The molecule has 0 heterocycles. The normalized spacial score (nSPS) is 12.2. The summed E-state index contributed by atoms with van der Waals surface area (Å²) in [6, 6.07) is 16.6. The average molecular weight is 625 g/mol. The van der Waals surface area contributed by atoms with Crippen LogP contribution in [0.15, 0.2) is 71.6 Å². The molecule has 0 bridgehead atoms. The summed E-state index contributed by atoms with van der Waals surface area (Å²) >= 11 is 19.2. The van der Waals surface area contributed by atoms with Crippen LogP contribution in [0.25, 0.3) is 0 Å². The number of amides is 2. The van der Waals surface area contributed by atoms with Crippen molar-refractivity contribution in [3.63, 3.8) is 0 Å². The highest BCUT2D eigenvalue weighted by atomic mass is 35.5. The van der Waals surface area contributed by atoms with Crippen molar-refractivity contribution >= 4 is 62.3 Å². The average Bonchev–Trinajstić information content (AvgIpc) is 2.90. The number of nitrogens with one attached hydrogen (secondary N) is 1. The summed E-state index contributed by atoms with van der Waals surface area (Å²) in [5.41, 5.74) is 1.45. The summed E-state index contributed by atoms with van der Waals surface area (Å²) in [6.45, 7) is 7.00. The van der Waals surface area contributed by atoms with Gasteiger partial charge in [-0.05, 0) is 56.2 Å². The predicted molar refractivity (Wildman–Crippen MR) is 161 cm³/mol. The van der Waals surface area contributed by atoms with Gasteiger partial charge >= 0.3 is 0 Å². The standard InChI is InChI=1S/C29H32Cl3N3O4S/c1-19(2)16-33-29(37)21(4)34(17-23-24(30)9-7-10-25(23)31)28(36)18-35(27-11-6-5-8-26(27)32)40(38,39)22-14-12-20(3)13-15-22/h5-15,19,21H,16-18H2,1-4H3,(H,33,37)/t21-/m1/s1. The number of halogens is 3. The summed E-state index contributed by atoms with van der Waals surface area (Å²) in [4.78, 5) is 28.4. The second-order valence-corrected chi connectivity index (χ2v) is 12.9. The smallest absolute Gasteiger partial charge is 0.264 e. The lowest BCUT2D eigenvalue weighted by Crippen LogP contribution is -2.51. The maximum atomic E-state index is 14.0. The summed E-state index contributed by atoms with van der Waals surface area (Å²) < 4.78 is 28.7. The van der Waals surface area contributed by atoms with E-state index in [0.29, 0.717) is 22.2 Å². The molecule has 1 atom stereocenters. The molecule has 40 heavy (non-hydrogen) atoms. The zero-order valence-electron chi connectivity index (χ0n) is 22.7. The van der Waals surface area contributed by atoms with Gasteiger partial charge in [-0.2, -0.15) is 0 Å². The Bertz CT molecular complexity index is 1440. The molecule has 0 unspecified atom stereocenters. The Balaban J connectivity index is 2.06. The van der Waals surface area contributed by atoms with Gasteiger partial charge in [-0.15, -0.1) is 0 Å². The first-order chi connectivity index (χ1) is 18.8. The molecule has 1 N–H and O–H groups in total. The molecule has 0 spiro atoms. The van der Waals surface area contributed by atoms with Gasteiger partial charge in [0.25, 0.3) is 10.0 Å². The first kappa shape index (κ1) is 31.7. The summed E-state index contributed by atoms with van der Waals surface area (Å²) in [7, 11) is -4.23. The highest BCUT2D eigenvalue weighted by Crippen LogP contribution is 2.31. The van der Waals surface area contributed by atoms with Gasteiger partial charge in [0.05, 0.1) is 15.6 Å². The van der Waals surface area contributed by atoms with Gasteiger partial charge in [-0.3, -0.25) is 13.9 Å². The second-order valence-electron chi connectivity index (χ2n) is 9.81. The molecule has 0 saturated heterocycles. The van der Waals surface area contributed by atoms with Crippen molar-refractivity contribution in [2.24, 2.45) is 5.92 Å². The largest absolute Gasteiger partial charge is 0.354 e. The SMILES string of the molecule is Cc1ccc(S(=O)(=O)N(CC(=O)N(Cc2c(Cl)cccc2Cl)[C@H](C)C(=O)NCC(C)C)c2ccccc2Cl)cc1. The Hall–Kier alpha value is -2.78. The lowest BCUT2D eigenvalue weighted by Gasteiger charge is -2.32. The van der Waals surface area contributed by atoms with Crippen LogP contribution in [-0.4, -0.2) is 44.3 Å². The molecule has 2 amide bonds. The third kappa shape index (κ3) is 7.69. The van der Waals surface area contributed by atoms with Crippen molar-refractivity contribution in [2.75, 3.05) is 17.4 Å². The number of carbonyl (C=O) groups excluding carboxylic acids is 2. The van der Waals surface area contributed by atoms with Crippen LogP contribution in [0.5, 0.6) is 0 Å². The third-order valence-corrected chi connectivity index (χ3v) is 9.05. The maximum Gasteiger partial charge on any atom is 0.264 e. The van der Waals surface area contributed by atoms with Crippen molar-refractivity contribution in [3.05, 3.63) is 92.9 Å². The fraction of sp³-hybridized carbons (Fsp3) is 0.310. The lowest BCUT2D eigenvalue weighted by atomic mass is 10.1. The quantitative estimate of drug-likeness (QED) is 0.270. The molecular weight excluding hydrogens is 593 g/mol. The number of benzene rings is 3. The van der Waals surface area contributed by atoms with Crippen molar-refractivity contribution in [1.29, 1.82) is 0 Å². The maximum absolute atomic E-state index is 14.0. The van der Waals surface area contributed by atoms with Crippen LogP contribution in [0.3, 0.4) is 0 Å². The Kier molecular flexibility index (Phi) is 10.9. The van der Waals surface area contributed by atoms with Gasteiger partial charge in [0.15, 0.2) is 0 Å². The van der Waals surface area contributed by atoms with E-state index in [-0.39, 0.29) is 28.1 Å². The molecule has 0 aliphatic rings. The fourth-order valence-corrected chi connectivity index (χ4v) is 6.13. The van der Waals surface area contributed by atoms with Crippen LogP contribution in [0.1, 0.15) is 31.9 Å². The fourth-order valence-electron chi connectivity index (χ4n) is 3.89. The van der Waals surface area contributed by atoms with Crippen LogP contribution >= 0.6 is 34.8 Å². The molecule has 3 aromatic rings. The molecular formula is C29H32Cl3N3O4S. The van der Waals surface area contributed by atoms with Gasteiger partial charge < -0.3 is 10.2 Å². The number of hydrogen-bond donors (Lipinski definition) is 1. The molecule has 11 heteroatoms. The highest BCUT2D eigenvalue weighted by Gasteiger charge is 2.33. The molecule has 0 aromatic heterocycles. The van der Waals surface area contributed by atoms with Gasteiger partial charge in [0, 0.05) is 28.7 Å². The minimum atomic E-state index is -4.23. The minimum absolute atomic E-state index is 0.00533. The molecule has 7 nitrogen and oxygen atoms in total. The van der Waals surface area contributed by atoms with Crippen LogP contribution < -0.4 is 9.62 Å². The van der Waals surface area contributed by atoms with E-state index in [4.69, 9.17) is 34.8 Å². The Labute approximate surface area is 251 Å². The summed E-state index contributed by atoms with van der Waals surface area (Å²) in [6.07, 6.45) is 0. The zero-order valence-corrected chi connectivity index (χ0v) is 25.8. The number of nitrogens with zero attached hydrogens (tertiary/aromatic N) is 2. The number of sulfonamides is 1. The van der Waals surface area contributed by atoms with Crippen LogP contribution in [0, 0.1) is 12.8 Å². The molecule has 0 aliphatic heterocycles. The topological polar surface area (TPSA) is 86.8 Å². The molecule has 0 saturated carbocycles. The number of rotatable bonds is 11. The van der Waals surface area contributed by atoms with Crippen molar-refractivity contribution in [1.82, 2.24) is 10.2 Å². The van der Waals surface area contributed by atoms with Gasteiger partial charge in [0.2, 0.25) is 11.8 Å². The van der Waals surface area contributed by atoms with Gasteiger partial charge in [0.1, 0.15) is 12.6 Å². The Morgan fingerprint density at radius 2 is 1.43 bits per heavy atom. The van der Waals surface area contributed by atoms with Crippen LogP contribution in [-0.2, 0) is 26.2 Å². The molecule has 3 rings (SSSR count). The van der Waals surface area contributed by atoms with Crippen LogP contribution in [0.2, 0.25) is 15.1 Å². The van der Waals surface area contributed by atoms with E-state index >= 15 is 0 Å². The Morgan fingerprint density at radius 3 is 2.00 bits per heavy atom. The zero-order chi connectivity index (χ0) is 29.6.